The number of benzene rings is 2. The summed E-state index contributed by atoms with van der Waals surface area (Å²) in [5.74, 6) is -0.0176. The second kappa shape index (κ2) is 9.63. The lowest BCUT2D eigenvalue weighted by molar-refractivity contribution is -0.139. The molecule has 2 rings (SSSR count). The van der Waals surface area contributed by atoms with E-state index in [1.807, 2.05) is 6.07 Å². The maximum absolute atomic E-state index is 12.2. The average molecular weight is 367 g/mol. The first kappa shape index (κ1) is 19.5. The Morgan fingerprint density at radius 1 is 1.11 bits per heavy atom. The minimum atomic E-state index is -1.07. The molecular weight excluding hydrogens is 350 g/mol. The van der Waals surface area contributed by atoms with Gasteiger partial charge in [-0.25, -0.2) is 4.79 Å². The number of ketones is 1. The molecule has 2 aromatic carbocycles. The molecule has 27 heavy (non-hydrogen) atoms. The van der Waals surface area contributed by atoms with Crippen molar-refractivity contribution >= 4 is 17.8 Å². The lowest BCUT2D eigenvalue weighted by Gasteiger charge is -2.08. The monoisotopic (exact) mass is 367 g/mol. The van der Waals surface area contributed by atoms with E-state index in [1.54, 1.807) is 36.4 Å². The van der Waals surface area contributed by atoms with Crippen molar-refractivity contribution < 1.29 is 28.9 Å². The van der Waals surface area contributed by atoms with Crippen LogP contribution < -0.4 is 14.2 Å². The number of carbonyl (C=O) groups is 2. The van der Waals surface area contributed by atoms with Crippen molar-refractivity contribution in [1.82, 2.24) is 0 Å². The van der Waals surface area contributed by atoms with Crippen molar-refractivity contribution in [3.8, 4) is 23.3 Å². The van der Waals surface area contributed by atoms with Gasteiger partial charge in [0, 0.05) is 5.56 Å². The average Bonchev–Trinajstić information content (AvgIpc) is 2.69. The Kier molecular flexibility index (Phi) is 6.97. The summed E-state index contributed by atoms with van der Waals surface area (Å²) in [6.45, 7) is -0.528. The van der Waals surface area contributed by atoms with E-state index in [-0.39, 0.29) is 12.4 Å². The molecule has 0 atom stereocenters. The topological polar surface area (TPSA) is 106 Å². The number of nitriles is 1. The van der Waals surface area contributed by atoms with Crippen LogP contribution in [0.1, 0.15) is 15.9 Å². The zero-order valence-corrected chi connectivity index (χ0v) is 14.5. The molecule has 0 spiro atoms. The zero-order valence-electron chi connectivity index (χ0n) is 14.5. The lowest BCUT2D eigenvalue weighted by atomic mass is 10.1. The predicted octanol–water partition coefficient (Wildman–Crippen LogP) is 2.96. The fourth-order valence-corrected chi connectivity index (χ4v) is 2.15. The van der Waals surface area contributed by atoms with Gasteiger partial charge in [-0.3, -0.25) is 4.79 Å². The van der Waals surface area contributed by atoms with Gasteiger partial charge < -0.3 is 19.3 Å². The third-order valence-corrected chi connectivity index (χ3v) is 3.41. The van der Waals surface area contributed by atoms with E-state index >= 15 is 0 Å². The first-order valence-corrected chi connectivity index (χ1v) is 7.88. The number of carboxylic acid groups (broad SMARTS) is 1. The van der Waals surface area contributed by atoms with Crippen molar-refractivity contribution in [2.45, 2.75) is 0 Å². The van der Waals surface area contributed by atoms with Gasteiger partial charge in [0.25, 0.3) is 0 Å². The Balaban J connectivity index is 2.05. The fourth-order valence-electron chi connectivity index (χ4n) is 2.15. The summed E-state index contributed by atoms with van der Waals surface area (Å²) >= 11 is 0. The summed E-state index contributed by atoms with van der Waals surface area (Å²) in [6, 6.07) is 13.2. The number of methoxy groups -OCH3 is 1. The smallest absolute Gasteiger partial charge is 0.341 e. The summed E-state index contributed by atoms with van der Waals surface area (Å²) in [6.07, 6.45) is 3.05. The van der Waals surface area contributed by atoms with E-state index in [4.69, 9.17) is 24.6 Å². The molecule has 0 bridgehead atoms. The lowest BCUT2D eigenvalue weighted by Crippen LogP contribution is -2.09. The van der Waals surface area contributed by atoms with Crippen LogP contribution in [0.5, 0.6) is 17.2 Å². The van der Waals surface area contributed by atoms with Crippen LogP contribution in [-0.4, -0.2) is 37.2 Å². The van der Waals surface area contributed by atoms with Crippen LogP contribution in [-0.2, 0) is 4.79 Å². The van der Waals surface area contributed by atoms with E-state index in [2.05, 4.69) is 0 Å². The third kappa shape index (κ3) is 5.90. The maximum Gasteiger partial charge on any atom is 0.341 e. The van der Waals surface area contributed by atoms with E-state index < -0.39 is 12.6 Å². The van der Waals surface area contributed by atoms with Crippen LogP contribution >= 0.6 is 0 Å². The molecule has 1 N–H and O–H groups in total. The SMILES string of the molecule is COc1cc(/C=C/C(=O)c2ccc(OCC(=O)O)cc2)ccc1OCC#N. The van der Waals surface area contributed by atoms with Crippen LogP contribution in [0.15, 0.2) is 48.5 Å². The van der Waals surface area contributed by atoms with Gasteiger partial charge in [-0.05, 0) is 48.0 Å². The van der Waals surface area contributed by atoms with Crippen LogP contribution in [0.2, 0.25) is 0 Å². The van der Waals surface area contributed by atoms with Crippen LogP contribution in [0, 0.1) is 11.3 Å². The number of allylic oxidation sites excluding steroid dienone is 1. The van der Waals surface area contributed by atoms with Gasteiger partial charge >= 0.3 is 5.97 Å². The molecule has 138 valence electrons. The summed E-state index contributed by atoms with van der Waals surface area (Å²) in [4.78, 5) is 22.7. The highest BCUT2D eigenvalue weighted by molar-refractivity contribution is 6.06. The molecule has 0 saturated carbocycles. The molecule has 0 fully saturated rings. The normalized spacial score (nSPS) is 10.2. The Labute approximate surface area is 156 Å². The first-order chi connectivity index (χ1) is 13.0. The summed E-state index contributed by atoms with van der Waals surface area (Å²) in [7, 11) is 1.49. The van der Waals surface area contributed by atoms with Gasteiger partial charge in [0.2, 0.25) is 0 Å². The van der Waals surface area contributed by atoms with Crippen molar-refractivity contribution in [1.29, 1.82) is 5.26 Å². The molecule has 0 radical (unpaired) electrons. The number of nitrogens with zero attached hydrogens (tertiary/aromatic N) is 1. The molecule has 7 heteroatoms. The predicted molar refractivity (Wildman–Crippen MR) is 97.0 cm³/mol. The molecule has 0 heterocycles. The molecular formula is C20H17NO6. The highest BCUT2D eigenvalue weighted by Gasteiger charge is 2.06. The summed E-state index contributed by atoms with van der Waals surface area (Å²) < 4.78 is 15.5. The fraction of sp³-hybridized carbons (Fsp3) is 0.150. The standard InChI is InChI=1S/C20H17NO6/c1-25-19-12-14(3-9-18(19)26-11-10-21)2-8-17(22)15-4-6-16(7-5-15)27-13-20(23)24/h2-9,12H,11,13H2,1H3,(H,23,24)/b8-2+. The van der Waals surface area contributed by atoms with Crippen LogP contribution in [0.25, 0.3) is 6.08 Å². The maximum atomic E-state index is 12.2. The minimum Gasteiger partial charge on any atom is -0.493 e. The molecule has 0 amide bonds. The van der Waals surface area contributed by atoms with Crippen molar-refractivity contribution in [2.75, 3.05) is 20.3 Å². The highest BCUT2D eigenvalue weighted by Crippen LogP contribution is 2.28. The Morgan fingerprint density at radius 3 is 2.48 bits per heavy atom. The molecule has 2 aromatic rings. The van der Waals surface area contributed by atoms with Gasteiger partial charge in [-0.1, -0.05) is 12.1 Å². The molecule has 0 aliphatic carbocycles. The van der Waals surface area contributed by atoms with Gasteiger partial charge in [0.05, 0.1) is 7.11 Å². The number of ether oxygens (including phenoxy) is 3. The van der Waals surface area contributed by atoms with E-state index in [9.17, 15) is 9.59 Å². The Morgan fingerprint density at radius 2 is 1.85 bits per heavy atom. The van der Waals surface area contributed by atoms with E-state index in [1.165, 1.54) is 25.3 Å². The Hall–Kier alpha value is -3.79. The largest absolute Gasteiger partial charge is 0.493 e. The van der Waals surface area contributed by atoms with Crippen molar-refractivity contribution in [3.63, 3.8) is 0 Å². The van der Waals surface area contributed by atoms with Gasteiger partial charge in [0.15, 0.2) is 30.5 Å². The van der Waals surface area contributed by atoms with Crippen LogP contribution in [0.4, 0.5) is 0 Å². The van der Waals surface area contributed by atoms with Gasteiger partial charge in [-0.15, -0.1) is 0 Å². The molecule has 0 aliphatic heterocycles. The molecule has 7 nitrogen and oxygen atoms in total. The van der Waals surface area contributed by atoms with Gasteiger partial charge in [0.1, 0.15) is 11.8 Å². The molecule has 0 saturated heterocycles. The van der Waals surface area contributed by atoms with Crippen molar-refractivity contribution in [3.05, 3.63) is 59.7 Å². The second-order valence-corrected chi connectivity index (χ2v) is 5.26. The number of carboxylic acids is 1. The molecule has 0 unspecified atom stereocenters. The molecule has 0 aliphatic rings. The summed E-state index contributed by atoms with van der Waals surface area (Å²) in [5, 5.41) is 17.1. The second-order valence-electron chi connectivity index (χ2n) is 5.26. The minimum absolute atomic E-state index is 0.0871. The number of aliphatic carboxylic acids is 1. The first-order valence-electron chi connectivity index (χ1n) is 7.88. The van der Waals surface area contributed by atoms with E-state index in [0.717, 1.165) is 5.56 Å². The number of hydrogen-bond acceptors (Lipinski definition) is 6. The van der Waals surface area contributed by atoms with Crippen molar-refractivity contribution in [2.24, 2.45) is 0 Å². The highest BCUT2D eigenvalue weighted by atomic mass is 16.5. The Bertz CT molecular complexity index is 880. The van der Waals surface area contributed by atoms with Gasteiger partial charge in [-0.2, -0.15) is 5.26 Å². The molecule has 0 aromatic heterocycles. The third-order valence-electron chi connectivity index (χ3n) is 3.41. The zero-order chi connectivity index (χ0) is 19.6. The van der Waals surface area contributed by atoms with Crippen LogP contribution in [0.3, 0.4) is 0 Å². The summed E-state index contributed by atoms with van der Waals surface area (Å²) in [5.41, 5.74) is 1.17. The van der Waals surface area contributed by atoms with E-state index in [0.29, 0.717) is 22.8 Å². The quantitative estimate of drug-likeness (QED) is 0.536. The number of carbonyl (C=O) groups excluding carboxylic acids is 1. The number of rotatable bonds is 9. The number of hydrogen-bond donors (Lipinski definition) is 1.